The Morgan fingerprint density at radius 1 is 0.860 bits per heavy atom. The highest BCUT2D eigenvalue weighted by molar-refractivity contribution is 7.89. The fourth-order valence-electron chi connectivity index (χ4n) is 4.92. The zero-order chi connectivity index (χ0) is 30.9. The lowest BCUT2D eigenvalue weighted by Gasteiger charge is -2.27. The molecule has 220 valence electrons. The van der Waals surface area contributed by atoms with Crippen molar-refractivity contribution in [1.82, 2.24) is 10.0 Å². The number of nitrogens with one attached hydrogen (secondary N) is 3. The van der Waals surface area contributed by atoms with Crippen molar-refractivity contribution in [3.05, 3.63) is 119 Å². The van der Waals surface area contributed by atoms with Crippen molar-refractivity contribution in [3.63, 3.8) is 0 Å². The van der Waals surface area contributed by atoms with Gasteiger partial charge in [0.1, 0.15) is 17.2 Å². The van der Waals surface area contributed by atoms with Gasteiger partial charge in [0.15, 0.2) is 0 Å². The predicted octanol–water partition coefficient (Wildman–Crippen LogP) is 6.37. The molecule has 1 heterocycles. The number of anilines is 1. The number of sulfonamides is 1. The smallest absolute Gasteiger partial charge is 0.259 e. The fraction of sp³-hybridized carbons (Fsp3) is 0.152. The summed E-state index contributed by atoms with van der Waals surface area (Å²) in [7, 11) is -2.69. The number of carbonyl (C=O) groups excluding carboxylic acids is 2. The highest BCUT2D eigenvalue weighted by atomic mass is 32.2. The Bertz CT molecular complexity index is 1950. The van der Waals surface area contributed by atoms with Crippen LogP contribution in [0.25, 0.3) is 22.1 Å². The molecule has 5 rings (SSSR count). The molecule has 0 fully saturated rings. The number of hydrogen-bond acceptors (Lipinski definition) is 5. The van der Waals surface area contributed by atoms with Crippen molar-refractivity contribution in [2.24, 2.45) is 0 Å². The first kappa shape index (κ1) is 29.7. The van der Waals surface area contributed by atoms with Crippen LogP contribution in [0.4, 0.5) is 10.1 Å². The summed E-state index contributed by atoms with van der Waals surface area (Å²) in [5.41, 5.74) is 2.08. The molecule has 0 atom stereocenters. The number of rotatable bonds is 8. The Morgan fingerprint density at radius 3 is 2.23 bits per heavy atom. The van der Waals surface area contributed by atoms with Crippen molar-refractivity contribution >= 4 is 38.5 Å². The van der Waals surface area contributed by atoms with Gasteiger partial charge in [-0.25, -0.2) is 17.5 Å². The maximum absolute atomic E-state index is 13.4. The van der Waals surface area contributed by atoms with Crippen LogP contribution < -0.4 is 15.4 Å². The van der Waals surface area contributed by atoms with Crippen molar-refractivity contribution in [2.45, 2.75) is 31.2 Å². The van der Waals surface area contributed by atoms with E-state index in [9.17, 15) is 22.4 Å². The van der Waals surface area contributed by atoms with Crippen molar-refractivity contribution in [1.29, 1.82) is 0 Å². The summed E-state index contributed by atoms with van der Waals surface area (Å²) in [6.07, 6.45) is 0. The second kappa shape index (κ2) is 11.5. The Hall–Kier alpha value is -4.80. The number of halogens is 1. The fourth-order valence-corrected chi connectivity index (χ4v) is 5.87. The monoisotopic (exact) mass is 599 g/mol. The third-order valence-corrected chi connectivity index (χ3v) is 8.67. The first-order chi connectivity index (χ1) is 20.4. The van der Waals surface area contributed by atoms with E-state index in [1.54, 1.807) is 37.3 Å². The molecule has 0 aliphatic heterocycles. The van der Waals surface area contributed by atoms with E-state index in [-0.39, 0.29) is 33.3 Å². The van der Waals surface area contributed by atoms with Crippen LogP contribution in [0.5, 0.6) is 0 Å². The normalized spacial score (nSPS) is 11.8. The van der Waals surface area contributed by atoms with Gasteiger partial charge in [-0.1, -0.05) is 42.5 Å². The van der Waals surface area contributed by atoms with Gasteiger partial charge in [-0.05, 0) is 81.4 Å². The number of fused-ring (bicyclic) bond motifs is 1. The molecular formula is C33H30FN3O5S. The summed E-state index contributed by atoms with van der Waals surface area (Å²) in [4.78, 5) is 26.6. The average molecular weight is 600 g/mol. The molecule has 0 saturated heterocycles. The van der Waals surface area contributed by atoms with E-state index in [0.29, 0.717) is 22.2 Å². The average Bonchev–Trinajstić information content (AvgIpc) is 3.32. The summed E-state index contributed by atoms with van der Waals surface area (Å²) in [6, 6.07) is 24.4. The Kier molecular flexibility index (Phi) is 7.92. The van der Waals surface area contributed by atoms with E-state index in [4.69, 9.17) is 4.42 Å². The number of benzene rings is 4. The third kappa shape index (κ3) is 6.06. The van der Waals surface area contributed by atoms with Crippen LogP contribution in [0.15, 0.2) is 100 Å². The Balaban J connectivity index is 1.58. The predicted molar refractivity (Wildman–Crippen MR) is 164 cm³/mol. The summed E-state index contributed by atoms with van der Waals surface area (Å²) in [5.74, 6) is -1.01. The van der Waals surface area contributed by atoms with Gasteiger partial charge in [0.2, 0.25) is 10.0 Å². The molecule has 2 amide bonds. The minimum absolute atomic E-state index is 0.0797. The van der Waals surface area contributed by atoms with Crippen LogP contribution in [-0.2, 0) is 15.6 Å². The number of amides is 2. The molecule has 0 radical (unpaired) electrons. The first-order valence-electron chi connectivity index (χ1n) is 13.5. The van der Waals surface area contributed by atoms with Gasteiger partial charge in [-0.15, -0.1) is 0 Å². The van der Waals surface area contributed by atoms with Crippen LogP contribution in [0, 0.1) is 12.7 Å². The molecule has 0 unspecified atom stereocenters. The molecule has 4 aromatic carbocycles. The van der Waals surface area contributed by atoms with Crippen LogP contribution >= 0.6 is 0 Å². The molecule has 0 aliphatic rings. The molecule has 43 heavy (non-hydrogen) atoms. The molecule has 0 spiro atoms. The SMILES string of the molecule is CNS(=O)(=O)c1cc2oc(C)c(C(=O)Nc3ccc(F)cc3)c2cc1-c1cccc(C(=O)NC(C)(C)c2ccccc2)c1. The Labute approximate surface area is 249 Å². The number of aryl methyl sites for hydroxylation is 1. The van der Waals surface area contributed by atoms with E-state index in [2.05, 4.69) is 15.4 Å². The lowest BCUT2D eigenvalue weighted by atomic mass is 9.93. The van der Waals surface area contributed by atoms with Crippen LogP contribution in [0.1, 0.15) is 45.9 Å². The molecule has 10 heteroatoms. The van der Waals surface area contributed by atoms with Crippen molar-refractivity contribution in [2.75, 3.05) is 12.4 Å². The largest absolute Gasteiger partial charge is 0.460 e. The maximum Gasteiger partial charge on any atom is 0.259 e. The van der Waals surface area contributed by atoms with Gasteiger partial charge in [-0.2, -0.15) is 0 Å². The maximum atomic E-state index is 13.4. The summed E-state index contributed by atoms with van der Waals surface area (Å²) in [6.45, 7) is 5.40. The molecule has 0 bridgehead atoms. The first-order valence-corrected chi connectivity index (χ1v) is 14.9. The molecule has 1 aromatic heterocycles. The van der Waals surface area contributed by atoms with Crippen LogP contribution in [0.3, 0.4) is 0 Å². The summed E-state index contributed by atoms with van der Waals surface area (Å²) in [5, 5.41) is 6.15. The topological polar surface area (TPSA) is 118 Å². The molecule has 3 N–H and O–H groups in total. The zero-order valence-electron chi connectivity index (χ0n) is 24.0. The van der Waals surface area contributed by atoms with Gasteiger partial charge in [0.25, 0.3) is 11.8 Å². The Morgan fingerprint density at radius 2 is 1.56 bits per heavy atom. The van der Waals surface area contributed by atoms with E-state index in [0.717, 1.165) is 5.56 Å². The van der Waals surface area contributed by atoms with E-state index in [1.807, 2.05) is 44.2 Å². The number of carbonyl (C=O) groups is 2. The van der Waals surface area contributed by atoms with Crippen LogP contribution in [0.2, 0.25) is 0 Å². The van der Waals surface area contributed by atoms with Gasteiger partial charge in [0.05, 0.1) is 16.0 Å². The highest BCUT2D eigenvalue weighted by Gasteiger charge is 2.27. The summed E-state index contributed by atoms with van der Waals surface area (Å²) < 4.78 is 47.8. The number of hydrogen-bond donors (Lipinski definition) is 3. The minimum atomic E-state index is -3.99. The second-order valence-electron chi connectivity index (χ2n) is 10.6. The van der Waals surface area contributed by atoms with E-state index >= 15 is 0 Å². The molecule has 0 aliphatic carbocycles. The van der Waals surface area contributed by atoms with E-state index in [1.165, 1.54) is 37.4 Å². The van der Waals surface area contributed by atoms with Gasteiger partial charge >= 0.3 is 0 Å². The van der Waals surface area contributed by atoms with Gasteiger partial charge in [0, 0.05) is 28.3 Å². The molecule has 0 saturated carbocycles. The lowest BCUT2D eigenvalue weighted by molar-refractivity contribution is 0.0911. The minimum Gasteiger partial charge on any atom is -0.460 e. The number of furan rings is 1. The summed E-state index contributed by atoms with van der Waals surface area (Å²) >= 11 is 0. The highest BCUT2D eigenvalue weighted by Crippen LogP contribution is 2.36. The van der Waals surface area contributed by atoms with Gasteiger partial charge in [-0.3, -0.25) is 9.59 Å². The molecular weight excluding hydrogens is 569 g/mol. The van der Waals surface area contributed by atoms with Crippen molar-refractivity contribution < 1.29 is 26.8 Å². The quantitative estimate of drug-likeness (QED) is 0.192. The standard InChI is InChI=1S/C33H30FN3O5S/c1-20-30(32(39)36-25-15-13-24(34)14-16-25)27-18-26(29(19-28(27)42-20)43(40,41)35-4)21-9-8-10-22(17-21)31(38)37-33(2,3)23-11-6-5-7-12-23/h5-19,35H,1-4H3,(H,36,39)(H,37,38). The molecule has 5 aromatic rings. The molecule has 8 nitrogen and oxygen atoms in total. The van der Waals surface area contributed by atoms with E-state index < -0.39 is 27.3 Å². The lowest BCUT2D eigenvalue weighted by Crippen LogP contribution is -2.40. The van der Waals surface area contributed by atoms with Crippen LogP contribution in [-0.4, -0.2) is 27.3 Å². The second-order valence-corrected chi connectivity index (χ2v) is 12.4. The third-order valence-electron chi connectivity index (χ3n) is 7.21. The van der Waals surface area contributed by atoms with Crippen molar-refractivity contribution in [3.8, 4) is 11.1 Å². The van der Waals surface area contributed by atoms with Gasteiger partial charge < -0.3 is 15.1 Å². The zero-order valence-corrected chi connectivity index (χ0v) is 24.8.